The first-order valence-corrected chi connectivity index (χ1v) is 5.32. The molecule has 4 heteroatoms. The molecule has 4 nitrogen and oxygen atoms in total. The number of ether oxygens (including phenoxy) is 1. The first kappa shape index (κ1) is 11.2. The lowest BCUT2D eigenvalue weighted by Crippen LogP contribution is -2.20. The average Bonchev–Trinajstić information content (AvgIpc) is 3.05. The van der Waals surface area contributed by atoms with E-state index in [4.69, 9.17) is 15.7 Å². The quantitative estimate of drug-likeness (QED) is 0.631. The Morgan fingerprint density at radius 2 is 2.35 bits per heavy atom. The number of nitrogen functional groups attached to an aromatic ring is 1. The van der Waals surface area contributed by atoms with Crippen molar-refractivity contribution in [2.75, 3.05) is 12.3 Å². The zero-order chi connectivity index (χ0) is 12.5. The molecule has 0 aliphatic heterocycles. The first-order valence-electron chi connectivity index (χ1n) is 5.32. The Kier molecular flexibility index (Phi) is 2.60. The molecule has 0 fully saturated rings. The summed E-state index contributed by atoms with van der Waals surface area (Å²) in [4.78, 5) is 11.7. The second kappa shape index (κ2) is 3.95. The summed E-state index contributed by atoms with van der Waals surface area (Å²) in [6.07, 6.45) is 1.61. The topological polar surface area (TPSA) is 76.1 Å². The summed E-state index contributed by atoms with van der Waals surface area (Å²) in [7, 11) is 0. The number of benzene rings is 1. The summed E-state index contributed by atoms with van der Waals surface area (Å²) in [5, 5.41) is 9.12. The fraction of sp³-hybridized carbons (Fsp3) is 0.231. The highest BCUT2D eigenvalue weighted by atomic mass is 16.5. The number of rotatable bonds is 3. The first-order chi connectivity index (χ1) is 8.14. The van der Waals surface area contributed by atoms with E-state index in [9.17, 15) is 4.79 Å². The van der Waals surface area contributed by atoms with Crippen molar-refractivity contribution in [1.82, 2.24) is 0 Å². The van der Waals surface area contributed by atoms with Crippen molar-refractivity contribution in [2.24, 2.45) is 5.41 Å². The van der Waals surface area contributed by atoms with Gasteiger partial charge < -0.3 is 10.5 Å². The number of hydrogen-bond donors (Lipinski definition) is 1. The van der Waals surface area contributed by atoms with Crippen LogP contribution in [0.5, 0.6) is 0 Å². The second-order valence-electron chi connectivity index (χ2n) is 3.82. The molecule has 1 unspecified atom stereocenters. The molecule has 0 radical (unpaired) electrons. The number of nitrogens with two attached hydrogens (primary N) is 1. The predicted octanol–water partition coefficient (Wildman–Crippen LogP) is 1.74. The summed E-state index contributed by atoms with van der Waals surface area (Å²) in [6, 6.07) is 9.10. The van der Waals surface area contributed by atoms with Crippen molar-refractivity contribution in [3.63, 3.8) is 0 Å². The SMILES string of the molecule is CCOC(=O)C1(C#N)C=C1c1cccc(N)c1. The maximum Gasteiger partial charge on any atom is 0.335 e. The minimum absolute atomic E-state index is 0.264. The third-order valence-electron chi connectivity index (χ3n) is 2.67. The minimum Gasteiger partial charge on any atom is -0.464 e. The highest BCUT2D eigenvalue weighted by molar-refractivity contribution is 6.09. The highest BCUT2D eigenvalue weighted by Crippen LogP contribution is 2.51. The van der Waals surface area contributed by atoms with E-state index in [-0.39, 0.29) is 6.61 Å². The summed E-state index contributed by atoms with van der Waals surface area (Å²) in [5.74, 6) is -0.514. The third kappa shape index (κ3) is 1.76. The van der Waals surface area contributed by atoms with Crippen LogP contribution in [0, 0.1) is 16.7 Å². The van der Waals surface area contributed by atoms with Crippen molar-refractivity contribution in [2.45, 2.75) is 6.92 Å². The number of esters is 1. The van der Waals surface area contributed by atoms with Crippen molar-refractivity contribution in [3.05, 3.63) is 35.9 Å². The number of nitriles is 1. The standard InChI is InChI=1S/C13H12N2O2/c1-2-17-12(16)13(8-14)7-11(13)9-4-3-5-10(15)6-9/h3-7H,2,15H2,1H3. The van der Waals surface area contributed by atoms with Crippen LogP contribution in [0.4, 0.5) is 5.69 Å². The van der Waals surface area contributed by atoms with E-state index in [0.717, 1.165) is 5.56 Å². The lowest BCUT2D eigenvalue weighted by atomic mass is 9.98. The van der Waals surface area contributed by atoms with Gasteiger partial charge in [-0.3, -0.25) is 0 Å². The zero-order valence-electron chi connectivity index (χ0n) is 9.43. The van der Waals surface area contributed by atoms with Crippen LogP contribution in [0.1, 0.15) is 12.5 Å². The maximum absolute atomic E-state index is 11.7. The van der Waals surface area contributed by atoms with Crippen LogP contribution in [-0.2, 0) is 9.53 Å². The van der Waals surface area contributed by atoms with Crippen molar-refractivity contribution >= 4 is 17.2 Å². The van der Waals surface area contributed by atoms with Crippen LogP contribution in [0.15, 0.2) is 30.3 Å². The van der Waals surface area contributed by atoms with Gasteiger partial charge in [0.05, 0.1) is 12.7 Å². The van der Waals surface area contributed by atoms with Crippen LogP contribution >= 0.6 is 0 Å². The van der Waals surface area contributed by atoms with E-state index in [2.05, 4.69) is 0 Å². The Morgan fingerprint density at radius 3 is 2.94 bits per heavy atom. The lowest BCUT2D eigenvalue weighted by molar-refractivity contribution is -0.146. The number of carbonyl (C=O) groups excluding carboxylic acids is 1. The molecule has 0 heterocycles. The molecular formula is C13H12N2O2. The maximum atomic E-state index is 11.7. The molecule has 1 aliphatic rings. The summed E-state index contributed by atoms with van der Waals surface area (Å²) in [6.45, 7) is 1.98. The van der Waals surface area contributed by atoms with Crippen molar-refractivity contribution in [3.8, 4) is 6.07 Å². The molecular weight excluding hydrogens is 216 g/mol. The fourth-order valence-electron chi connectivity index (χ4n) is 1.75. The minimum atomic E-state index is -1.20. The van der Waals surface area contributed by atoms with Crippen molar-refractivity contribution < 1.29 is 9.53 Å². The van der Waals surface area contributed by atoms with Crippen LogP contribution < -0.4 is 5.73 Å². The number of nitrogens with zero attached hydrogens (tertiary/aromatic N) is 1. The third-order valence-corrected chi connectivity index (χ3v) is 2.67. The van der Waals surface area contributed by atoms with Gasteiger partial charge >= 0.3 is 5.97 Å². The molecule has 17 heavy (non-hydrogen) atoms. The van der Waals surface area contributed by atoms with Gasteiger partial charge in [0.25, 0.3) is 0 Å². The summed E-state index contributed by atoms with van der Waals surface area (Å²) in [5.41, 5.74) is 6.52. The average molecular weight is 228 g/mol. The molecule has 1 aliphatic carbocycles. The molecule has 0 saturated heterocycles. The largest absolute Gasteiger partial charge is 0.464 e. The second-order valence-corrected chi connectivity index (χ2v) is 3.82. The molecule has 0 bridgehead atoms. The molecule has 0 spiro atoms. The molecule has 1 aromatic carbocycles. The molecule has 0 saturated carbocycles. The molecule has 0 amide bonds. The molecule has 0 aromatic heterocycles. The molecule has 2 N–H and O–H groups in total. The van der Waals surface area contributed by atoms with Gasteiger partial charge in [-0.2, -0.15) is 5.26 Å². The van der Waals surface area contributed by atoms with Gasteiger partial charge in [0.15, 0.2) is 5.41 Å². The molecule has 1 aromatic rings. The van der Waals surface area contributed by atoms with Gasteiger partial charge in [-0.05, 0) is 36.3 Å². The van der Waals surface area contributed by atoms with E-state index >= 15 is 0 Å². The van der Waals surface area contributed by atoms with Gasteiger partial charge in [0.1, 0.15) is 0 Å². The Balaban J connectivity index is 2.25. The van der Waals surface area contributed by atoms with Gasteiger partial charge in [0, 0.05) is 5.69 Å². The Labute approximate surface area is 99.3 Å². The van der Waals surface area contributed by atoms with Crippen molar-refractivity contribution in [1.29, 1.82) is 5.26 Å². The van der Waals surface area contributed by atoms with Gasteiger partial charge in [-0.1, -0.05) is 12.1 Å². The van der Waals surface area contributed by atoms with Gasteiger partial charge in [0.2, 0.25) is 0 Å². The van der Waals surface area contributed by atoms with E-state index in [0.29, 0.717) is 11.3 Å². The molecule has 86 valence electrons. The van der Waals surface area contributed by atoms with Gasteiger partial charge in [-0.15, -0.1) is 0 Å². The molecule has 2 rings (SSSR count). The molecule has 1 atom stereocenters. The van der Waals surface area contributed by atoms with Gasteiger partial charge in [-0.25, -0.2) is 4.79 Å². The van der Waals surface area contributed by atoms with Crippen LogP contribution in [0.3, 0.4) is 0 Å². The van der Waals surface area contributed by atoms with E-state index in [1.807, 2.05) is 12.1 Å². The predicted molar refractivity (Wildman–Crippen MR) is 63.5 cm³/mol. The number of hydrogen-bond acceptors (Lipinski definition) is 4. The summed E-state index contributed by atoms with van der Waals surface area (Å²) < 4.78 is 4.90. The normalized spacial score (nSPS) is 21.3. The monoisotopic (exact) mass is 228 g/mol. The number of carbonyl (C=O) groups is 1. The zero-order valence-corrected chi connectivity index (χ0v) is 9.43. The van der Waals surface area contributed by atoms with Crippen LogP contribution in [0.25, 0.3) is 5.57 Å². The van der Waals surface area contributed by atoms with E-state index < -0.39 is 11.4 Å². The number of anilines is 1. The van der Waals surface area contributed by atoms with Crippen LogP contribution in [-0.4, -0.2) is 12.6 Å². The Morgan fingerprint density at radius 1 is 1.59 bits per heavy atom. The highest BCUT2D eigenvalue weighted by Gasteiger charge is 2.53. The smallest absolute Gasteiger partial charge is 0.335 e. The Bertz CT molecular complexity index is 543. The fourth-order valence-corrected chi connectivity index (χ4v) is 1.75. The summed E-state index contributed by atoms with van der Waals surface area (Å²) >= 11 is 0. The Hall–Kier alpha value is -2.28. The van der Waals surface area contributed by atoms with E-state index in [1.165, 1.54) is 0 Å². The lowest BCUT2D eigenvalue weighted by Gasteiger charge is -2.09. The van der Waals surface area contributed by atoms with E-state index in [1.54, 1.807) is 31.2 Å². The van der Waals surface area contributed by atoms with Crippen LogP contribution in [0.2, 0.25) is 0 Å².